The highest BCUT2D eigenvalue weighted by Gasteiger charge is 2.26. The van der Waals surface area contributed by atoms with E-state index < -0.39 is 0 Å². The lowest BCUT2D eigenvalue weighted by Crippen LogP contribution is -2.43. The van der Waals surface area contributed by atoms with E-state index in [9.17, 15) is 9.59 Å². The number of likely N-dealkylation sites (tertiary alicyclic amines) is 2. The summed E-state index contributed by atoms with van der Waals surface area (Å²) < 4.78 is 0. The molecule has 4 N–H and O–H groups in total. The topological polar surface area (TPSA) is 105 Å². The fourth-order valence-electron chi connectivity index (χ4n) is 4.74. The second-order valence-electron chi connectivity index (χ2n) is 8.99. The largest absolute Gasteiger partial charge is 0.395 e. The van der Waals surface area contributed by atoms with Crippen LogP contribution in [0.3, 0.4) is 0 Å². The van der Waals surface area contributed by atoms with Crippen molar-refractivity contribution in [2.24, 2.45) is 11.8 Å². The third kappa shape index (κ3) is 7.55. The van der Waals surface area contributed by atoms with E-state index in [1.807, 2.05) is 0 Å². The van der Waals surface area contributed by atoms with Crippen molar-refractivity contribution >= 4 is 11.8 Å². The number of rotatable bonds is 10. The molecule has 3 rings (SSSR count). The molecule has 2 heterocycles. The predicted molar refractivity (Wildman–Crippen MR) is 123 cm³/mol. The van der Waals surface area contributed by atoms with Crippen molar-refractivity contribution in [3.8, 4) is 0 Å². The second kappa shape index (κ2) is 12.9. The van der Waals surface area contributed by atoms with Crippen LogP contribution in [0.15, 0.2) is 24.3 Å². The van der Waals surface area contributed by atoms with Gasteiger partial charge in [-0.2, -0.15) is 0 Å². The molecule has 32 heavy (non-hydrogen) atoms. The zero-order valence-electron chi connectivity index (χ0n) is 19.0. The highest BCUT2D eigenvalue weighted by Crippen LogP contribution is 2.21. The van der Waals surface area contributed by atoms with Gasteiger partial charge in [0.25, 0.3) is 0 Å². The Bertz CT molecular complexity index is 666. The fourth-order valence-corrected chi connectivity index (χ4v) is 4.74. The fraction of sp³-hybridized carbons (Fsp3) is 0.667. The van der Waals surface area contributed by atoms with E-state index in [1.54, 1.807) is 0 Å². The van der Waals surface area contributed by atoms with Crippen LogP contribution >= 0.6 is 0 Å². The number of nitrogens with one attached hydrogen (secondary N) is 2. The number of nitrogens with zero attached hydrogens (tertiary/aromatic N) is 2. The standard InChI is InChI=1S/C24H38N4O4/c29-13-9-25-23(31)21-3-1-11-27(17-21)15-19-5-7-20(8-6-19)16-28-12-2-4-22(18-28)24(32)26-10-14-30/h5-8,21-22,29-30H,1-4,9-18H2,(H,25,31)(H,26,32). The first-order valence-electron chi connectivity index (χ1n) is 11.9. The van der Waals surface area contributed by atoms with Gasteiger partial charge in [-0.1, -0.05) is 24.3 Å². The number of aliphatic hydroxyl groups excluding tert-OH is 2. The monoisotopic (exact) mass is 446 g/mol. The summed E-state index contributed by atoms with van der Waals surface area (Å²) in [5, 5.41) is 23.4. The van der Waals surface area contributed by atoms with Gasteiger partial charge in [0.1, 0.15) is 0 Å². The van der Waals surface area contributed by atoms with Gasteiger partial charge in [0, 0.05) is 39.3 Å². The Morgan fingerprint density at radius 3 is 1.56 bits per heavy atom. The van der Waals surface area contributed by atoms with E-state index in [0.29, 0.717) is 13.1 Å². The van der Waals surface area contributed by atoms with Gasteiger partial charge in [-0.05, 0) is 49.9 Å². The smallest absolute Gasteiger partial charge is 0.224 e. The highest BCUT2D eigenvalue weighted by molar-refractivity contribution is 5.79. The van der Waals surface area contributed by atoms with Gasteiger partial charge in [0.05, 0.1) is 25.0 Å². The Labute approximate surface area is 191 Å². The van der Waals surface area contributed by atoms with Crippen LogP contribution in [0.1, 0.15) is 36.8 Å². The number of hydrogen-bond donors (Lipinski definition) is 4. The van der Waals surface area contributed by atoms with Crippen LogP contribution in [0, 0.1) is 11.8 Å². The van der Waals surface area contributed by atoms with Crippen LogP contribution in [0.4, 0.5) is 0 Å². The van der Waals surface area contributed by atoms with E-state index in [0.717, 1.165) is 65.0 Å². The van der Waals surface area contributed by atoms with Gasteiger partial charge in [0.15, 0.2) is 0 Å². The Balaban J connectivity index is 1.46. The average molecular weight is 447 g/mol. The maximum Gasteiger partial charge on any atom is 0.224 e. The number of amides is 2. The molecule has 0 spiro atoms. The maximum atomic E-state index is 12.2. The molecule has 1 aromatic carbocycles. The summed E-state index contributed by atoms with van der Waals surface area (Å²) >= 11 is 0. The summed E-state index contributed by atoms with van der Waals surface area (Å²) in [5.74, 6) is 0.0837. The molecule has 2 amide bonds. The molecule has 8 nitrogen and oxygen atoms in total. The third-order valence-electron chi connectivity index (χ3n) is 6.41. The molecule has 2 saturated heterocycles. The van der Waals surface area contributed by atoms with Gasteiger partial charge in [-0.25, -0.2) is 0 Å². The molecule has 0 saturated carbocycles. The summed E-state index contributed by atoms with van der Waals surface area (Å²) in [6, 6.07) is 8.67. The van der Waals surface area contributed by atoms with Crippen LogP contribution < -0.4 is 10.6 Å². The molecular formula is C24H38N4O4. The van der Waals surface area contributed by atoms with E-state index in [4.69, 9.17) is 10.2 Å². The second-order valence-corrected chi connectivity index (χ2v) is 8.99. The van der Waals surface area contributed by atoms with Crippen molar-refractivity contribution in [3.63, 3.8) is 0 Å². The lowest BCUT2D eigenvalue weighted by Gasteiger charge is -2.32. The molecule has 8 heteroatoms. The predicted octanol–water partition coefficient (Wildman–Crippen LogP) is 0.328. The SMILES string of the molecule is O=C(NCCO)C1CCCN(Cc2ccc(CN3CCCC(C(=O)NCCO)C3)cc2)C1. The minimum Gasteiger partial charge on any atom is -0.395 e. The van der Waals surface area contributed by atoms with E-state index in [2.05, 4.69) is 44.7 Å². The minimum atomic E-state index is -0.0243. The zero-order valence-corrected chi connectivity index (χ0v) is 19.0. The summed E-state index contributed by atoms with van der Waals surface area (Å²) in [6.45, 7) is 5.77. The van der Waals surface area contributed by atoms with Crippen molar-refractivity contribution in [2.45, 2.75) is 38.8 Å². The van der Waals surface area contributed by atoms with Gasteiger partial charge < -0.3 is 20.8 Å². The number of hydrogen-bond acceptors (Lipinski definition) is 6. The summed E-state index contributed by atoms with van der Waals surface area (Å²) in [4.78, 5) is 29.1. The first-order valence-corrected chi connectivity index (χ1v) is 11.9. The van der Waals surface area contributed by atoms with Gasteiger partial charge in [0.2, 0.25) is 11.8 Å². The Morgan fingerprint density at radius 2 is 1.19 bits per heavy atom. The van der Waals surface area contributed by atoms with Gasteiger partial charge in [-0.15, -0.1) is 0 Å². The lowest BCUT2D eigenvalue weighted by atomic mass is 9.96. The molecule has 2 aliphatic rings. The van der Waals surface area contributed by atoms with Gasteiger partial charge >= 0.3 is 0 Å². The quantitative estimate of drug-likeness (QED) is 0.413. The summed E-state index contributed by atoms with van der Waals surface area (Å²) in [5.41, 5.74) is 2.48. The Kier molecular flexibility index (Phi) is 9.92. The number of aliphatic hydroxyl groups is 2. The van der Waals surface area contributed by atoms with Crippen LogP contribution in [0.2, 0.25) is 0 Å². The lowest BCUT2D eigenvalue weighted by molar-refractivity contribution is -0.127. The first-order chi connectivity index (χ1) is 15.6. The molecule has 2 fully saturated rings. The molecule has 178 valence electrons. The minimum absolute atomic E-state index is 0.00352. The first kappa shape index (κ1) is 24.6. The maximum absolute atomic E-state index is 12.2. The van der Waals surface area contributed by atoms with E-state index in [1.165, 1.54) is 11.1 Å². The molecule has 2 unspecified atom stereocenters. The molecule has 0 bridgehead atoms. The van der Waals surface area contributed by atoms with Crippen molar-refractivity contribution < 1.29 is 19.8 Å². The van der Waals surface area contributed by atoms with Crippen LogP contribution in [-0.2, 0) is 22.7 Å². The highest BCUT2D eigenvalue weighted by atomic mass is 16.3. The molecule has 1 aromatic rings. The molecule has 0 radical (unpaired) electrons. The van der Waals surface area contributed by atoms with Crippen LogP contribution in [-0.4, -0.2) is 84.3 Å². The third-order valence-corrected chi connectivity index (χ3v) is 6.41. The Hall–Kier alpha value is -2.00. The number of carbonyl (C=O) groups excluding carboxylic acids is 2. The zero-order chi connectivity index (χ0) is 22.8. The average Bonchev–Trinajstić information content (AvgIpc) is 2.82. The molecule has 0 aromatic heterocycles. The number of benzene rings is 1. The van der Waals surface area contributed by atoms with Crippen molar-refractivity contribution in [3.05, 3.63) is 35.4 Å². The molecule has 2 aliphatic heterocycles. The molecule has 0 aliphatic carbocycles. The van der Waals surface area contributed by atoms with Crippen molar-refractivity contribution in [2.75, 3.05) is 52.5 Å². The van der Waals surface area contributed by atoms with Crippen molar-refractivity contribution in [1.82, 2.24) is 20.4 Å². The van der Waals surface area contributed by atoms with Crippen molar-refractivity contribution in [1.29, 1.82) is 0 Å². The normalized spacial score (nSPS) is 22.4. The van der Waals surface area contributed by atoms with E-state index in [-0.39, 0.29) is 36.9 Å². The Morgan fingerprint density at radius 1 is 0.781 bits per heavy atom. The molecular weight excluding hydrogens is 408 g/mol. The summed E-state index contributed by atoms with van der Waals surface area (Å²) in [7, 11) is 0. The summed E-state index contributed by atoms with van der Waals surface area (Å²) in [6.07, 6.45) is 3.83. The van der Waals surface area contributed by atoms with Crippen LogP contribution in [0.5, 0.6) is 0 Å². The number of carbonyl (C=O) groups is 2. The van der Waals surface area contributed by atoms with Gasteiger partial charge in [-0.3, -0.25) is 19.4 Å². The van der Waals surface area contributed by atoms with E-state index >= 15 is 0 Å². The number of piperidine rings is 2. The molecule has 2 atom stereocenters. The van der Waals surface area contributed by atoms with Crippen LogP contribution in [0.25, 0.3) is 0 Å².